The molecule has 0 aliphatic heterocycles. The second kappa shape index (κ2) is 6.51. The zero-order chi connectivity index (χ0) is 12.8. The summed E-state index contributed by atoms with van der Waals surface area (Å²) in [6.07, 6.45) is 1.41. The van der Waals surface area contributed by atoms with Gasteiger partial charge in [-0.2, -0.15) is 0 Å². The van der Waals surface area contributed by atoms with Crippen molar-refractivity contribution >= 4 is 21.6 Å². The molecule has 1 rings (SSSR count). The molecule has 1 atom stereocenters. The lowest BCUT2D eigenvalue weighted by molar-refractivity contribution is 0.130. The molecular weight excluding hydrogens is 289 g/mol. The number of nitrogens with zero attached hydrogens (tertiary/aromatic N) is 1. The predicted octanol–water partition coefficient (Wildman–Crippen LogP) is 3.36. The summed E-state index contributed by atoms with van der Waals surface area (Å²) in [5, 5.41) is 11.9. The molecule has 1 unspecified atom stereocenters. The minimum Gasteiger partial charge on any atom is -0.411 e. The van der Waals surface area contributed by atoms with Crippen molar-refractivity contribution in [1.29, 1.82) is 0 Å². The van der Waals surface area contributed by atoms with Gasteiger partial charge in [0.2, 0.25) is 0 Å². The average molecular weight is 302 g/mol. The fourth-order valence-corrected chi connectivity index (χ4v) is 1.52. The van der Waals surface area contributed by atoms with Gasteiger partial charge in [0, 0.05) is 10.0 Å². The zero-order valence-corrected chi connectivity index (χ0v) is 10.9. The Labute approximate surface area is 108 Å². The first-order valence-corrected chi connectivity index (χ1v) is 5.78. The molecule has 0 aromatic heterocycles. The van der Waals surface area contributed by atoms with E-state index >= 15 is 0 Å². The molecule has 1 aromatic carbocycles. The first kappa shape index (κ1) is 13.9. The number of oxime groups is 1. The molecule has 0 radical (unpaired) electrons. The van der Waals surface area contributed by atoms with Crippen LogP contribution in [0.4, 0.5) is 4.39 Å². The van der Waals surface area contributed by atoms with Crippen molar-refractivity contribution in [2.24, 2.45) is 5.16 Å². The largest absolute Gasteiger partial charge is 0.411 e. The van der Waals surface area contributed by atoms with Crippen LogP contribution in [0.15, 0.2) is 40.5 Å². The zero-order valence-electron chi connectivity index (χ0n) is 9.36. The molecule has 5 heteroatoms. The van der Waals surface area contributed by atoms with Gasteiger partial charge in [-0.1, -0.05) is 27.2 Å². The maximum absolute atomic E-state index is 13.5. The Bertz CT molecular complexity index is 435. The van der Waals surface area contributed by atoms with E-state index in [2.05, 4.69) is 27.7 Å². The molecule has 0 saturated heterocycles. The smallest absolute Gasteiger partial charge is 0.132 e. The van der Waals surface area contributed by atoms with Crippen LogP contribution in [0, 0.1) is 5.82 Å². The quantitative estimate of drug-likeness (QED) is 0.392. The van der Waals surface area contributed by atoms with Crippen molar-refractivity contribution in [3.63, 3.8) is 0 Å². The summed E-state index contributed by atoms with van der Waals surface area (Å²) >= 11 is 3.23. The third-order valence-electron chi connectivity index (χ3n) is 2.17. The van der Waals surface area contributed by atoms with Crippen LogP contribution < -0.4 is 0 Å². The van der Waals surface area contributed by atoms with Crippen LogP contribution in [0.5, 0.6) is 0 Å². The monoisotopic (exact) mass is 301 g/mol. The van der Waals surface area contributed by atoms with Gasteiger partial charge in [-0.25, -0.2) is 4.39 Å². The van der Waals surface area contributed by atoms with Crippen LogP contribution in [0.3, 0.4) is 0 Å². The molecular formula is C12H13BrFNO2. The van der Waals surface area contributed by atoms with E-state index < -0.39 is 5.82 Å². The molecule has 0 aliphatic carbocycles. The van der Waals surface area contributed by atoms with Crippen LogP contribution in [0.1, 0.15) is 12.5 Å². The van der Waals surface area contributed by atoms with Gasteiger partial charge >= 0.3 is 0 Å². The normalized spacial score (nSPS) is 13.5. The Balaban J connectivity index is 2.87. The summed E-state index contributed by atoms with van der Waals surface area (Å²) in [5.74, 6) is -0.462. The van der Waals surface area contributed by atoms with Crippen LogP contribution in [-0.4, -0.2) is 23.6 Å². The number of hydrogen-bond acceptors (Lipinski definition) is 3. The minimum absolute atomic E-state index is 0.0110. The SMILES string of the molecule is C=CC(C)OC/C(=N\O)c1cc(Br)ccc1F. The highest BCUT2D eigenvalue weighted by molar-refractivity contribution is 9.10. The van der Waals surface area contributed by atoms with Gasteiger partial charge in [0.25, 0.3) is 0 Å². The minimum atomic E-state index is -0.462. The average Bonchev–Trinajstić information content (AvgIpc) is 2.33. The van der Waals surface area contributed by atoms with Crippen molar-refractivity contribution in [2.75, 3.05) is 6.61 Å². The molecule has 0 bridgehead atoms. The van der Waals surface area contributed by atoms with Gasteiger partial charge in [0.1, 0.15) is 11.5 Å². The topological polar surface area (TPSA) is 41.8 Å². The molecule has 0 fully saturated rings. The summed E-state index contributed by atoms with van der Waals surface area (Å²) in [6, 6.07) is 4.40. The lowest BCUT2D eigenvalue weighted by Crippen LogP contribution is -2.16. The standard InChI is InChI=1S/C12H13BrFNO2/c1-3-8(2)17-7-12(15-16)10-6-9(13)4-5-11(10)14/h3-6,8,16H,1,7H2,2H3/b15-12+. The Morgan fingerprint density at radius 2 is 2.41 bits per heavy atom. The predicted molar refractivity (Wildman–Crippen MR) is 68.0 cm³/mol. The molecule has 0 amide bonds. The maximum Gasteiger partial charge on any atom is 0.132 e. The van der Waals surface area contributed by atoms with Crippen molar-refractivity contribution in [3.05, 3.63) is 46.7 Å². The number of hydrogen-bond donors (Lipinski definition) is 1. The molecule has 17 heavy (non-hydrogen) atoms. The lowest BCUT2D eigenvalue weighted by Gasteiger charge is -2.10. The van der Waals surface area contributed by atoms with E-state index in [1.165, 1.54) is 12.1 Å². The molecule has 0 saturated carbocycles. The Morgan fingerprint density at radius 1 is 1.71 bits per heavy atom. The van der Waals surface area contributed by atoms with E-state index in [1.54, 1.807) is 19.1 Å². The third kappa shape index (κ3) is 3.94. The van der Waals surface area contributed by atoms with Gasteiger partial charge in [-0.05, 0) is 25.1 Å². The molecule has 3 nitrogen and oxygen atoms in total. The summed E-state index contributed by atoms with van der Waals surface area (Å²) in [6.45, 7) is 5.36. The number of ether oxygens (including phenoxy) is 1. The van der Waals surface area contributed by atoms with Crippen LogP contribution in [0.25, 0.3) is 0 Å². The first-order chi connectivity index (χ1) is 8.08. The Kier molecular flexibility index (Phi) is 5.31. The van der Waals surface area contributed by atoms with E-state index in [0.717, 1.165) is 0 Å². The fraction of sp³-hybridized carbons (Fsp3) is 0.250. The highest BCUT2D eigenvalue weighted by atomic mass is 79.9. The van der Waals surface area contributed by atoms with Crippen molar-refractivity contribution in [2.45, 2.75) is 13.0 Å². The molecule has 0 heterocycles. The van der Waals surface area contributed by atoms with Crippen molar-refractivity contribution in [3.8, 4) is 0 Å². The van der Waals surface area contributed by atoms with Crippen LogP contribution in [0.2, 0.25) is 0 Å². The van der Waals surface area contributed by atoms with Gasteiger partial charge in [0.15, 0.2) is 0 Å². The van der Waals surface area contributed by atoms with Crippen molar-refractivity contribution < 1.29 is 14.3 Å². The van der Waals surface area contributed by atoms with Crippen LogP contribution >= 0.6 is 15.9 Å². The Morgan fingerprint density at radius 3 is 3.00 bits per heavy atom. The van der Waals surface area contributed by atoms with Gasteiger partial charge in [-0.3, -0.25) is 0 Å². The summed E-state index contributed by atoms with van der Waals surface area (Å²) in [4.78, 5) is 0. The van der Waals surface area contributed by atoms with Crippen molar-refractivity contribution in [1.82, 2.24) is 0 Å². The number of halogens is 2. The number of rotatable bonds is 5. The van der Waals surface area contributed by atoms with E-state index in [1.807, 2.05) is 0 Å². The molecule has 92 valence electrons. The Hall–Kier alpha value is -1.20. The maximum atomic E-state index is 13.5. The van der Waals surface area contributed by atoms with Crippen LogP contribution in [-0.2, 0) is 4.74 Å². The van der Waals surface area contributed by atoms with E-state index in [9.17, 15) is 4.39 Å². The summed E-state index contributed by atoms with van der Waals surface area (Å²) < 4.78 is 19.5. The summed E-state index contributed by atoms with van der Waals surface area (Å²) in [5.41, 5.74) is 0.343. The number of benzene rings is 1. The fourth-order valence-electron chi connectivity index (χ4n) is 1.16. The van der Waals surface area contributed by atoms with E-state index in [-0.39, 0.29) is 24.0 Å². The lowest BCUT2D eigenvalue weighted by atomic mass is 10.1. The summed E-state index contributed by atoms with van der Waals surface area (Å²) in [7, 11) is 0. The molecule has 1 N–H and O–H groups in total. The van der Waals surface area contributed by atoms with Gasteiger partial charge in [-0.15, -0.1) is 6.58 Å². The van der Waals surface area contributed by atoms with E-state index in [4.69, 9.17) is 9.94 Å². The molecule has 1 aromatic rings. The second-order valence-electron chi connectivity index (χ2n) is 3.42. The third-order valence-corrected chi connectivity index (χ3v) is 2.67. The van der Waals surface area contributed by atoms with Gasteiger partial charge < -0.3 is 9.94 Å². The van der Waals surface area contributed by atoms with E-state index in [0.29, 0.717) is 4.47 Å². The highest BCUT2D eigenvalue weighted by Crippen LogP contribution is 2.16. The molecule has 0 aliphatic rings. The highest BCUT2D eigenvalue weighted by Gasteiger charge is 2.12. The van der Waals surface area contributed by atoms with Gasteiger partial charge in [0.05, 0.1) is 12.7 Å². The molecule has 0 spiro atoms. The first-order valence-electron chi connectivity index (χ1n) is 4.99. The second-order valence-corrected chi connectivity index (χ2v) is 4.34.